The standard InChI is InChI=1S/C18H15BrO3S/c19-12-7-5-11(6-8-12)17-18(15(20)9-23-17)10-22-14-4-2-1-3-13(14)16(18)21/h1-8,15,17,20H,9-10H2/t15-,17+,18+/m1/s1. The van der Waals surface area contributed by atoms with Gasteiger partial charge >= 0.3 is 0 Å². The van der Waals surface area contributed by atoms with E-state index in [4.69, 9.17) is 4.74 Å². The summed E-state index contributed by atoms with van der Waals surface area (Å²) in [6.07, 6.45) is -0.706. The van der Waals surface area contributed by atoms with Crippen molar-refractivity contribution < 1.29 is 14.6 Å². The minimum Gasteiger partial charge on any atom is -0.492 e. The third kappa shape index (κ3) is 2.25. The van der Waals surface area contributed by atoms with E-state index in [0.717, 1.165) is 10.0 Å². The van der Waals surface area contributed by atoms with Gasteiger partial charge in [0.25, 0.3) is 0 Å². The number of ether oxygens (including phenoxy) is 1. The number of hydrogen-bond acceptors (Lipinski definition) is 4. The second-order valence-corrected chi connectivity index (χ2v) is 7.99. The summed E-state index contributed by atoms with van der Waals surface area (Å²) in [7, 11) is 0. The number of aliphatic hydroxyl groups is 1. The summed E-state index contributed by atoms with van der Waals surface area (Å²) < 4.78 is 6.87. The van der Waals surface area contributed by atoms with E-state index in [1.54, 1.807) is 17.8 Å². The summed E-state index contributed by atoms with van der Waals surface area (Å²) in [4.78, 5) is 13.2. The summed E-state index contributed by atoms with van der Waals surface area (Å²) in [5.41, 5.74) is 0.709. The molecule has 2 aromatic rings. The fourth-order valence-electron chi connectivity index (χ4n) is 3.43. The Balaban J connectivity index is 1.81. The SMILES string of the molecule is O=C1c2ccccc2OC[C@]12[C@H](O)CS[C@H]2c1ccc(Br)cc1. The van der Waals surface area contributed by atoms with Crippen molar-refractivity contribution in [3.8, 4) is 5.75 Å². The summed E-state index contributed by atoms with van der Waals surface area (Å²) in [6.45, 7) is 0.220. The van der Waals surface area contributed by atoms with Gasteiger partial charge in [-0.05, 0) is 29.8 Å². The zero-order valence-electron chi connectivity index (χ0n) is 12.2. The van der Waals surface area contributed by atoms with Gasteiger partial charge < -0.3 is 9.84 Å². The van der Waals surface area contributed by atoms with Crippen molar-refractivity contribution in [2.24, 2.45) is 5.41 Å². The van der Waals surface area contributed by atoms with Gasteiger partial charge in [0.1, 0.15) is 17.8 Å². The van der Waals surface area contributed by atoms with Crippen molar-refractivity contribution in [2.75, 3.05) is 12.4 Å². The van der Waals surface area contributed by atoms with Crippen LogP contribution in [0.1, 0.15) is 21.2 Å². The largest absolute Gasteiger partial charge is 0.492 e. The zero-order valence-corrected chi connectivity index (χ0v) is 14.6. The molecule has 23 heavy (non-hydrogen) atoms. The second-order valence-electron chi connectivity index (χ2n) is 5.94. The van der Waals surface area contributed by atoms with Crippen LogP contribution in [0.3, 0.4) is 0 Å². The lowest BCUT2D eigenvalue weighted by molar-refractivity contribution is 0.00922. The van der Waals surface area contributed by atoms with E-state index < -0.39 is 11.5 Å². The van der Waals surface area contributed by atoms with E-state index in [1.807, 2.05) is 42.5 Å². The molecular weight excluding hydrogens is 376 g/mol. The smallest absolute Gasteiger partial charge is 0.180 e. The van der Waals surface area contributed by atoms with Crippen LogP contribution in [0.25, 0.3) is 0 Å². The van der Waals surface area contributed by atoms with E-state index in [9.17, 15) is 9.90 Å². The van der Waals surface area contributed by atoms with Crippen LogP contribution >= 0.6 is 27.7 Å². The number of ketones is 1. The van der Waals surface area contributed by atoms with Crippen molar-refractivity contribution in [1.82, 2.24) is 0 Å². The summed E-state index contributed by atoms with van der Waals surface area (Å²) in [5, 5.41) is 10.6. The first kappa shape index (κ1) is 15.2. The van der Waals surface area contributed by atoms with Gasteiger partial charge in [-0.15, -0.1) is 11.8 Å². The van der Waals surface area contributed by atoms with Crippen LogP contribution in [0.4, 0.5) is 0 Å². The zero-order chi connectivity index (χ0) is 16.0. The molecule has 2 aliphatic heterocycles. The molecule has 3 atom stereocenters. The Morgan fingerprint density at radius 1 is 1.17 bits per heavy atom. The average molecular weight is 391 g/mol. The van der Waals surface area contributed by atoms with Crippen molar-refractivity contribution in [3.05, 3.63) is 64.1 Å². The van der Waals surface area contributed by atoms with Crippen molar-refractivity contribution >= 4 is 33.5 Å². The molecule has 2 heterocycles. The number of aliphatic hydroxyl groups excluding tert-OH is 1. The van der Waals surface area contributed by atoms with Gasteiger partial charge in [0, 0.05) is 15.5 Å². The number of para-hydroxylation sites is 1. The van der Waals surface area contributed by atoms with Crippen molar-refractivity contribution in [2.45, 2.75) is 11.4 Å². The van der Waals surface area contributed by atoms with E-state index in [-0.39, 0.29) is 17.6 Å². The molecule has 0 unspecified atom stereocenters. The Kier molecular flexibility index (Phi) is 3.75. The molecule has 0 radical (unpaired) electrons. The number of halogens is 1. The topological polar surface area (TPSA) is 46.5 Å². The van der Waals surface area contributed by atoms with Gasteiger partial charge in [0.05, 0.1) is 11.7 Å². The molecule has 2 aromatic carbocycles. The van der Waals surface area contributed by atoms with Crippen LogP contribution in [-0.4, -0.2) is 29.4 Å². The number of fused-ring (bicyclic) bond motifs is 1. The Hall–Kier alpha value is -1.30. The van der Waals surface area contributed by atoms with Gasteiger partial charge in [-0.3, -0.25) is 4.79 Å². The van der Waals surface area contributed by atoms with Crippen LogP contribution in [-0.2, 0) is 0 Å². The van der Waals surface area contributed by atoms with E-state index in [0.29, 0.717) is 17.1 Å². The second kappa shape index (κ2) is 5.65. The van der Waals surface area contributed by atoms with Gasteiger partial charge in [-0.1, -0.05) is 40.2 Å². The first-order valence-corrected chi connectivity index (χ1v) is 9.29. The molecule has 1 saturated heterocycles. The highest BCUT2D eigenvalue weighted by molar-refractivity contribution is 9.10. The number of thioether (sulfide) groups is 1. The molecule has 118 valence electrons. The highest BCUT2D eigenvalue weighted by atomic mass is 79.9. The Morgan fingerprint density at radius 3 is 2.70 bits per heavy atom. The van der Waals surface area contributed by atoms with Gasteiger partial charge in [0.15, 0.2) is 5.78 Å². The first-order valence-electron chi connectivity index (χ1n) is 7.45. The maximum atomic E-state index is 13.2. The Morgan fingerprint density at radius 2 is 1.91 bits per heavy atom. The van der Waals surface area contributed by atoms with Crippen LogP contribution in [0.2, 0.25) is 0 Å². The molecule has 5 heteroatoms. The highest BCUT2D eigenvalue weighted by Crippen LogP contribution is 2.57. The van der Waals surface area contributed by atoms with Crippen molar-refractivity contribution in [3.63, 3.8) is 0 Å². The van der Waals surface area contributed by atoms with Gasteiger partial charge in [-0.25, -0.2) is 0 Å². The van der Waals surface area contributed by atoms with Crippen LogP contribution in [0, 0.1) is 5.41 Å². The van der Waals surface area contributed by atoms with Gasteiger partial charge in [-0.2, -0.15) is 0 Å². The van der Waals surface area contributed by atoms with Gasteiger partial charge in [0.2, 0.25) is 0 Å². The normalized spacial score (nSPS) is 29.4. The summed E-state index contributed by atoms with van der Waals surface area (Å²) in [5.74, 6) is 1.14. The fraction of sp³-hybridized carbons (Fsp3) is 0.278. The van der Waals surface area contributed by atoms with E-state index in [1.165, 1.54) is 0 Å². The number of benzene rings is 2. The highest BCUT2D eigenvalue weighted by Gasteiger charge is 2.59. The molecule has 3 nitrogen and oxygen atoms in total. The minimum atomic E-state index is -0.910. The van der Waals surface area contributed by atoms with Crippen LogP contribution in [0.5, 0.6) is 5.75 Å². The fourth-order valence-corrected chi connectivity index (χ4v) is 5.34. The predicted octanol–water partition coefficient (Wildman–Crippen LogP) is 3.86. The molecule has 0 saturated carbocycles. The number of carbonyl (C=O) groups is 1. The summed E-state index contributed by atoms with van der Waals surface area (Å²) >= 11 is 5.07. The van der Waals surface area contributed by atoms with E-state index >= 15 is 0 Å². The first-order chi connectivity index (χ1) is 11.1. The lowest BCUT2D eigenvalue weighted by atomic mass is 9.71. The maximum Gasteiger partial charge on any atom is 0.180 e. The predicted molar refractivity (Wildman–Crippen MR) is 94.0 cm³/mol. The Bertz CT molecular complexity index is 761. The lowest BCUT2D eigenvalue weighted by Gasteiger charge is -2.39. The molecule has 2 aliphatic rings. The van der Waals surface area contributed by atoms with Crippen LogP contribution in [0.15, 0.2) is 53.0 Å². The third-order valence-electron chi connectivity index (χ3n) is 4.68. The average Bonchev–Trinajstić information content (AvgIpc) is 2.90. The molecule has 4 rings (SSSR count). The molecule has 0 amide bonds. The molecule has 0 aromatic heterocycles. The molecular formula is C18H15BrO3S. The molecule has 1 spiro atoms. The number of hydrogen-bond donors (Lipinski definition) is 1. The van der Waals surface area contributed by atoms with E-state index in [2.05, 4.69) is 15.9 Å². The molecule has 1 N–H and O–H groups in total. The van der Waals surface area contributed by atoms with Crippen molar-refractivity contribution in [1.29, 1.82) is 0 Å². The molecule has 0 bridgehead atoms. The Labute approximate surface area is 147 Å². The lowest BCUT2D eigenvalue weighted by Crippen LogP contribution is -2.50. The number of carbonyl (C=O) groups excluding carboxylic acids is 1. The molecule has 1 fully saturated rings. The quantitative estimate of drug-likeness (QED) is 0.802. The molecule has 0 aliphatic carbocycles. The summed E-state index contributed by atoms with van der Waals surface area (Å²) in [6, 6.07) is 15.2. The minimum absolute atomic E-state index is 0.00947. The number of rotatable bonds is 1. The van der Waals surface area contributed by atoms with Crippen LogP contribution < -0.4 is 4.74 Å². The monoisotopic (exact) mass is 390 g/mol. The number of Topliss-reactive ketones (excluding diaryl/α,β-unsaturated/α-hetero) is 1. The maximum absolute atomic E-state index is 13.2. The third-order valence-corrected chi connectivity index (χ3v) is 6.74.